The molecule has 2 rings (SSSR count). The quantitative estimate of drug-likeness (QED) is 0.895. The van der Waals surface area contributed by atoms with Crippen LogP contribution in [0.15, 0.2) is 34.7 Å². The van der Waals surface area contributed by atoms with Crippen LogP contribution >= 0.6 is 0 Å². The van der Waals surface area contributed by atoms with Crippen LogP contribution in [-0.4, -0.2) is 24.1 Å². The lowest BCUT2D eigenvalue weighted by atomic mass is 10.1. The molecule has 20 heavy (non-hydrogen) atoms. The van der Waals surface area contributed by atoms with Crippen molar-refractivity contribution in [3.63, 3.8) is 0 Å². The highest BCUT2D eigenvalue weighted by molar-refractivity contribution is 5.90. The summed E-state index contributed by atoms with van der Waals surface area (Å²) in [6.45, 7) is 1.40. The van der Waals surface area contributed by atoms with E-state index in [2.05, 4.69) is 5.32 Å². The van der Waals surface area contributed by atoms with Crippen molar-refractivity contribution in [2.45, 2.75) is 6.92 Å². The lowest BCUT2D eigenvalue weighted by Crippen LogP contribution is -2.05. The van der Waals surface area contributed by atoms with E-state index in [0.717, 1.165) is 0 Å². The summed E-state index contributed by atoms with van der Waals surface area (Å²) in [4.78, 5) is 21.9. The van der Waals surface area contributed by atoms with Crippen molar-refractivity contribution >= 4 is 17.6 Å². The number of carbonyl (C=O) groups is 2. The van der Waals surface area contributed by atoms with Gasteiger partial charge >= 0.3 is 5.97 Å². The zero-order chi connectivity index (χ0) is 14.7. The molecule has 2 N–H and O–H groups in total. The van der Waals surface area contributed by atoms with Gasteiger partial charge in [-0.3, -0.25) is 4.79 Å². The molecule has 1 heterocycles. The first-order chi connectivity index (χ1) is 9.51. The molecule has 0 atom stereocenters. The van der Waals surface area contributed by atoms with Crippen molar-refractivity contribution in [2.75, 3.05) is 12.4 Å². The van der Waals surface area contributed by atoms with Crippen molar-refractivity contribution in [1.82, 2.24) is 0 Å². The largest absolute Gasteiger partial charge is 0.496 e. The van der Waals surface area contributed by atoms with Gasteiger partial charge in [0.25, 0.3) is 0 Å². The summed E-state index contributed by atoms with van der Waals surface area (Å²) in [6, 6.07) is 7.92. The van der Waals surface area contributed by atoms with Crippen molar-refractivity contribution < 1.29 is 23.8 Å². The predicted octanol–water partition coefficient (Wildman–Crippen LogP) is 2.61. The van der Waals surface area contributed by atoms with Gasteiger partial charge in [-0.2, -0.15) is 0 Å². The molecule has 1 aromatic carbocycles. The molecular weight excluding hydrogens is 262 g/mol. The summed E-state index contributed by atoms with van der Waals surface area (Å²) in [5.74, 6) is -0.635. The van der Waals surface area contributed by atoms with Gasteiger partial charge in [0.1, 0.15) is 11.5 Å². The van der Waals surface area contributed by atoms with Gasteiger partial charge in [-0.25, -0.2) is 4.79 Å². The van der Waals surface area contributed by atoms with Gasteiger partial charge in [0.2, 0.25) is 11.7 Å². The summed E-state index contributed by atoms with van der Waals surface area (Å²) in [6.07, 6.45) is 0. The number of carboxylic acid groups (broad SMARTS) is 1. The minimum Gasteiger partial charge on any atom is -0.496 e. The van der Waals surface area contributed by atoms with Crippen molar-refractivity contribution in [3.8, 4) is 17.1 Å². The molecule has 0 saturated carbocycles. The molecule has 0 saturated heterocycles. The Morgan fingerprint density at radius 1 is 1.25 bits per heavy atom. The van der Waals surface area contributed by atoms with Gasteiger partial charge in [-0.05, 0) is 30.3 Å². The molecule has 0 aliphatic heterocycles. The fourth-order valence-corrected chi connectivity index (χ4v) is 1.78. The minimum atomic E-state index is -1.15. The fourth-order valence-electron chi connectivity index (χ4n) is 1.78. The fraction of sp³-hybridized carbons (Fsp3) is 0.143. The van der Waals surface area contributed by atoms with Gasteiger partial charge in [-0.1, -0.05) is 0 Å². The molecule has 0 aliphatic rings. The second-order valence-corrected chi connectivity index (χ2v) is 4.07. The van der Waals surface area contributed by atoms with E-state index in [1.807, 2.05) is 0 Å². The minimum absolute atomic E-state index is 0.160. The number of carboxylic acids is 1. The third kappa shape index (κ3) is 2.80. The second-order valence-electron chi connectivity index (χ2n) is 4.07. The van der Waals surface area contributed by atoms with Crippen LogP contribution in [0.25, 0.3) is 11.3 Å². The number of amides is 1. The Morgan fingerprint density at radius 2 is 2.00 bits per heavy atom. The molecule has 6 nitrogen and oxygen atoms in total. The van der Waals surface area contributed by atoms with E-state index in [0.29, 0.717) is 22.8 Å². The Hall–Kier alpha value is -2.76. The lowest BCUT2D eigenvalue weighted by Gasteiger charge is -2.09. The monoisotopic (exact) mass is 275 g/mol. The number of carbonyl (C=O) groups excluding carboxylic acids is 1. The molecule has 1 aromatic heterocycles. The summed E-state index contributed by atoms with van der Waals surface area (Å²) < 4.78 is 10.5. The maximum Gasteiger partial charge on any atom is 0.371 e. The number of benzene rings is 1. The first-order valence-electron chi connectivity index (χ1n) is 5.80. The molecule has 0 spiro atoms. The highest BCUT2D eigenvalue weighted by Crippen LogP contribution is 2.33. The molecule has 0 unspecified atom stereocenters. The summed E-state index contributed by atoms with van der Waals surface area (Å²) >= 11 is 0. The number of rotatable bonds is 4. The zero-order valence-corrected chi connectivity index (χ0v) is 11.0. The summed E-state index contributed by atoms with van der Waals surface area (Å²) in [5, 5.41) is 11.5. The number of aromatic carboxylic acids is 1. The number of hydrogen-bond acceptors (Lipinski definition) is 4. The maximum atomic E-state index is 11.1. The van der Waals surface area contributed by atoms with E-state index >= 15 is 0 Å². The molecule has 0 fully saturated rings. The number of anilines is 1. The van der Waals surface area contributed by atoms with Gasteiger partial charge in [0.15, 0.2) is 0 Å². The van der Waals surface area contributed by atoms with Gasteiger partial charge in [-0.15, -0.1) is 0 Å². The Morgan fingerprint density at radius 3 is 2.55 bits per heavy atom. The molecular formula is C14H13NO5. The van der Waals surface area contributed by atoms with Crippen LogP contribution in [0.2, 0.25) is 0 Å². The average Bonchev–Trinajstić information content (AvgIpc) is 2.87. The van der Waals surface area contributed by atoms with Crippen LogP contribution in [0.3, 0.4) is 0 Å². The molecule has 0 aliphatic carbocycles. The van der Waals surface area contributed by atoms with Crippen LogP contribution < -0.4 is 10.1 Å². The summed E-state index contributed by atoms with van der Waals surface area (Å²) in [7, 11) is 1.50. The number of ether oxygens (including phenoxy) is 1. The van der Waals surface area contributed by atoms with Crippen molar-refractivity contribution in [3.05, 3.63) is 36.1 Å². The van der Waals surface area contributed by atoms with Crippen molar-refractivity contribution in [1.29, 1.82) is 0 Å². The van der Waals surface area contributed by atoms with E-state index in [1.54, 1.807) is 24.3 Å². The topological polar surface area (TPSA) is 88.8 Å². The highest BCUT2D eigenvalue weighted by atomic mass is 16.5. The first kappa shape index (κ1) is 13.7. The third-order valence-electron chi connectivity index (χ3n) is 2.60. The smallest absolute Gasteiger partial charge is 0.371 e. The van der Waals surface area contributed by atoms with E-state index < -0.39 is 5.97 Å². The zero-order valence-electron chi connectivity index (χ0n) is 11.0. The van der Waals surface area contributed by atoms with E-state index in [-0.39, 0.29) is 11.7 Å². The molecule has 1 amide bonds. The van der Waals surface area contributed by atoms with Gasteiger partial charge in [0.05, 0.1) is 12.7 Å². The van der Waals surface area contributed by atoms with Crippen molar-refractivity contribution in [2.24, 2.45) is 0 Å². The van der Waals surface area contributed by atoms with Crippen LogP contribution in [0, 0.1) is 0 Å². The number of furan rings is 1. The number of hydrogen-bond donors (Lipinski definition) is 2. The van der Waals surface area contributed by atoms with Gasteiger partial charge < -0.3 is 19.6 Å². The number of methoxy groups -OCH3 is 1. The van der Waals surface area contributed by atoms with Gasteiger partial charge in [0, 0.05) is 12.6 Å². The van der Waals surface area contributed by atoms with Crippen LogP contribution in [0.1, 0.15) is 17.5 Å². The molecule has 104 valence electrons. The first-order valence-corrected chi connectivity index (χ1v) is 5.80. The van der Waals surface area contributed by atoms with Crippen LogP contribution in [0.5, 0.6) is 5.75 Å². The molecule has 0 radical (unpaired) electrons. The predicted molar refractivity (Wildman–Crippen MR) is 72.0 cm³/mol. The third-order valence-corrected chi connectivity index (χ3v) is 2.60. The van der Waals surface area contributed by atoms with Crippen LogP contribution in [-0.2, 0) is 4.79 Å². The molecule has 6 heteroatoms. The Bertz CT molecular complexity index is 659. The Kier molecular flexibility index (Phi) is 3.74. The normalized spacial score (nSPS) is 10.1. The standard InChI is InChI=1S/C14H13NO5/c1-8(16)15-9-3-4-11(19-2)10(7-9)12-5-6-13(20-12)14(17)18/h3-7H,1-2H3,(H,15,16)(H,17,18). The van der Waals surface area contributed by atoms with E-state index in [1.165, 1.54) is 20.1 Å². The SMILES string of the molecule is COc1ccc(NC(C)=O)cc1-c1ccc(C(=O)O)o1. The second kappa shape index (κ2) is 5.48. The van der Waals surface area contributed by atoms with E-state index in [9.17, 15) is 9.59 Å². The lowest BCUT2D eigenvalue weighted by molar-refractivity contribution is -0.114. The summed E-state index contributed by atoms with van der Waals surface area (Å²) in [5.41, 5.74) is 1.13. The highest BCUT2D eigenvalue weighted by Gasteiger charge is 2.14. The van der Waals surface area contributed by atoms with E-state index in [4.69, 9.17) is 14.3 Å². The van der Waals surface area contributed by atoms with Crippen LogP contribution in [0.4, 0.5) is 5.69 Å². The molecule has 0 bridgehead atoms. The Balaban J connectivity index is 2.46. The Labute approximate surface area is 115 Å². The molecule has 2 aromatic rings. The average molecular weight is 275 g/mol. The maximum absolute atomic E-state index is 11.1. The number of nitrogens with one attached hydrogen (secondary N) is 1.